The summed E-state index contributed by atoms with van der Waals surface area (Å²) in [7, 11) is 1.71. The number of methoxy groups -OCH3 is 1. The number of anilines is 1. The minimum absolute atomic E-state index is 0.106. The third-order valence-corrected chi connectivity index (χ3v) is 10.9. The molecular weight excluding hydrogens is 606 g/mol. The van der Waals surface area contributed by atoms with Crippen LogP contribution < -0.4 is 9.64 Å². The van der Waals surface area contributed by atoms with Gasteiger partial charge in [0.2, 0.25) is 5.91 Å². The highest BCUT2D eigenvalue weighted by atomic mass is 16.6. The number of hydrogen-bond acceptors (Lipinski definition) is 7. The normalized spacial score (nSPS) is 25.8. The molecule has 0 spiro atoms. The Morgan fingerprint density at radius 1 is 1.02 bits per heavy atom. The van der Waals surface area contributed by atoms with Crippen molar-refractivity contribution in [2.75, 3.05) is 25.1 Å². The van der Waals surface area contributed by atoms with Crippen LogP contribution in [0, 0.1) is 18.8 Å². The topological polar surface area (TPSA) is 110 Å². The first kappa shape index (κ1) is 34.0. The number of ether oxygens (including phenoxy) is 2. The van der Waals surface area contributed by atoms with Gasteiger partial charge in [-0.05, 0) is 126 Å². The van der Waals surface area contributed by atoms with Crippen molar-refractivity contribution >= 4 is 17.8 Å². The Balaban J connectivity index is 1.15. The van der Waals surface area contributed by atoms with Gasteiger partial charge in [0.1, 0.15) is 17.7 Å². The van der Waals surface area contributed by atoms with E-state index >= 15 is 0 Å². The predicted octanol–water partition coefficient (Wildman–Crippen LogP) is 6.91. The number of amides is 2. The second-order valence-corrected chi connectivity index (χ2v) is 14.4. The molecular formula is C38H51N5O5. The molecule has 1 aliphatic heterocycles. The van der Waals surface area contributed by atoms with E-state index in [1.54, 1.807) is 18.2 Å². The van der Waals surface area contributed by atoms with Crippen LogP contribution >= 0.6 is 0 Å². The van der Waals surface area contributed by atoms with Gasteiger partial charge in [0.25, 0.3) is 0 Å². The number of aryl methyl sites for hydroxylation is 1. The molecule has 2 atom stereocenters. The average molecular weight is 658 g/mol. The van der Waals surface area contributed by atoms with Crippen molar-refractivity contribution in [1.82, 2.24) is 19.7 Å². The van der Waals surface area contributed by atoms with Crippen molar-refractivity contribution in [1.29, 1.82) is 0 Å². The molecule has 1 aromatic carbocycles. The summed E-state index contributed by atoms with van der Waals surface area (Å²) >= 11 is 0. The van der Waals surface area contributed by atoms with E-state index in [9.17, 15) is 14.7 Å². The predicted molar refractivity (Wildman–Crippen MR) is 185 cm³/mol. The van der Waals surface area contributed by atoms with Crippen molar-refractivity contribution in [3.05, 3.63) is 60.0 Å². The SMILES string of the molecule is COc1ccc(C2CCC(CN(C(=O)C3CCC(OC(=O)N4C[C@@H](O)[C@@H]4C)CC3)c3cc(-c4cnn(C(C)C)c4)ccn3)CC2)cc1C. The van der Waals surface area contributed by atoms with E-state index in [1.165, 1.54) is 5.56 Å². The third kappa shape index (κ3) is 7.38. The highest BCUT2D eigenvalue weighted by molar-refractivity contribution is 5.94. The molecule has 2 aliphatic carbocycles. The zero-order valence-corrected chi connectivity index (χ0v) is 29.0. The third-order valence-electron chi connectivity index (χ3n) is 10.9. The quantitative estimate of drug-likeness (QED) is 0.266. The van der Waals surface area contributed by atoms with Crippen LogP contribution in [0.5, 0.6) is 5.75 Å². The highest BCUT2D eigenvalue weighted by Crippen LogP contribution is 2.39. The van der Waals surface area contributed by atoms with Gasteiger partial charge in [-0.2, -0.15) is 5.10 Å². The van der Waals surface area contributed by atoms with E-state index in [4.69, 9.17) is 14.5 Å². The number of nitrogens with zero attached hydrogens (tertiary/aromatic N) is 5. The van der Waals surface area contributed by atoms with Gasteiger partial charge < -0.3 is 19.5 Å². The molecule has 1 saturated heterocycles. The second kappa shape index (κ2) is 14.7. The number of likely N-dealkylation sites (tertiary alicyclic amines) is 1. The Bertz CT molecular complexity index is 1570. The Kier molecular flexibility index (Phi) is 10.4. The number of rotatable bonds is 9. The fraction of sp³-hybridized carbons (Fsp3) is 0.579. The fourth-order valence-electron chi connectivity index (χ4n) is 7.59. The van der Waals surface area contributed by atoms with Crippen LogP contribution in [0.2, 0.25) is 0 Å². The molecule has 3 heterocycles. The molecule has 2 saturated carbocycles. The summed E-state index contributed by atoms with van der Waals surface area (Å²) in [6.07, 6.45) is 11.5. The maximum Gasteiger partial charge on any atom is 0.410 e. The van der Waals surface area contributed by atoms with Gasteiger partial charge in [-0.1, -0.05) is 12.1 Å². The van der Waals surface area contributed by atoms with Gasteiger partial charge in [-0.3, -0.25) is 14.4 Å². The van der Waals surface area contributed by atoms with E-state index in [1.807, 2.05) is 41.0 Å². The lowest BCUT2D eigenvalue weighted by atomic mass is 9.78. The van der Waals surface area contributed by atoms with Crippen molar-refractivity contribution in [3.8, 4) is 16.9 Å². The van der Waals surface area contributed by atoms with Crippen LogP contribution in [0.3, 0.4) is 0 Å². The summed E-state index contributed by atoms with van der Waals surface area (Å²) in [4.78, 5) is 35.3. The lowest BCUT2D eigenvalue weighted by molar-refractivity contribution is -0.124. The molecule has 48 heavy (non-hydrogen) atoms. The molecule has 3 fully saturated rings. The van der Waals surface area contributed by atoms with Gasteiger partial charge in [0.15, 0.2) is 0 Å². The number of pyridine rings is 1. The zero-order chi connectivity index (χ0) is 33.9. The van der Waals surface area contributed by atoms with E-state index in [0.717, 1.165) is 48.1 Å². The number of aliphatic hydroxyl groups is 1. The molecule has 0 bridgehead atoms. The number of aliphatic hydroxyl groups excluding tert-OH is 1. The summed E-state index contributed by atoms with van der Waals surface area (Å²) in [6, 6.07) is 10.6. The van der Waals surface area contributed by atoms with E-state index < -0.39 is 6.10 Å². The molecule has 10 heteroatoms. The standard InChI is InChI=1S/C38H51N5O5/c1-24(2)43-22-32(20-40-43)31-16-17-39-36(19-31)42(21-27-6-8-28(9-7-27)30-12-15-35(47-5)25(3)18-30)37(45)29-10-13-33(14-11-29)48-38(46)41-23-34(44)26(41)4/h12,15-20,22,24,26-29,33-34,44H,6-11,13-14,21,23H2,1-5H3/t26-,27?,28?,29?,33?,34+/m0/s1. The van der Waals surface area contributed by atoms with Crippen LogP contribution in [0.4, 0.5) is 10.6 Å². The first-order valence-corrected chi connectivity index (χ1v) is 17.7. The number of β-amino-alcohol motifs (C(OH)–C–C–N with tert-alkyl or cyclic N) is 1. The maximum absolute atomic E-state index is 14.4. The van der Waals surface area contributed by atoms with Crippen LogP contribution in [-0.2, 0) is 9.53 Å². The summed E-state index contributed by atoms with van der Waals surface area (Å²) in [5.74, 6) is 2.44. The summed E-state index contributed by atoms with van der Waals surface area (Å²) in [5.41, 5.74) is 4.52. The highest BCUT2D eigenvalue weighted by Gasteiger charge is 2.40. The summed E-state index contributed by atoms with van der Waals surface area (Å²) < 4.78 is 13.2. The van der Waals surface area contributed by atoms with Crippen LogP contribution in [0.1, 0.15) is 95.2 Å². The van der Waals surface area contributed by atoms with Gasteiger partial charge in [-0.15, -0.1) is 0 Å². The number of carbonyl (C=O) groups is 2. The first-order valence-electron chi connectivity index (χ1n) is 17.7. The molecule has 6 rings (SSSR count). The van der Waals surface area contributed by atoms with Gasteiger partial charge in [0.05, 0.1) is 32.0 Å². The van der Waals surface area contributed by atoms with Crippen molar-refractivity contribution in [2.24, 2.45) is 11.8 Å². The smallest absolute Gasteiger partial charge is 0.410 e. The lowest BCUT2D eigenvalue weighted by Gasteiger charge is -2.43. The molecule has 3 aromatic rings. The van der Waals surface area contributed by atoms with Crippen molar-refractivity contribution < 1.29 is 24.2 Å². The fourth-order valence-corrected chi connectivity index (χ4v) is 7.59. The number of carbonyl (C=O) groups excluding carboxylic acids is 2. The molecule has 10 nitrogen and oxygen atoms in total. The average Bonchev–Trinajstić information content (AvgIpc) is 3.61. The Morgan fingerprint density at radius 3 is 2.40 bits per heavy atom. The second-order valence-electron chi connectivity index (χ2n) is 14.4. The van der Waals surface area contributed by atoms with Gasteiger partial charge >= 0.3 is 6.09 Å². The summed E-state index contributed by atoms with van der Waals surface area (Å²) in [6.45, 7) is 9.08. The van der Waals surface area contributed by atoms with Crippen LogP contribution in [0.15, 0.2) is 48.9 Å². The van der Waals surface area contributed by atoms with Gasteiger partial charge in [0, 0.05) is 36.5 Å². The Labute approximate surface area is 284 Å². The molecule has 2 aromatic heterocycles. The van der Waals surface area contributed by atoms with Crippen molar-refractivity contribution in [3.63, 3.8) is 0 Å². The van der Waals surface area contributed by atoms with E-state index in [-0.39, 0.29) is 36.1 Å². The number of aromatic nitrogens is 3. The van der Waals surface area contributed by atoms with Crippen LogP contribution in [0.25, 0.3) is 11.1 Å². The number of benzene rings is 1. The summed E-state index contributed by atoms with van der Waals surface area (Å²) in [5, 5.41) is 14.3. The van der Waals surface area contributed by atoms with Gasteiger partial charge in [-0.25, -0.2) is 9.78 Å². The Morgan fingerprint density at radius 2 is 1.77 bits per heavy atom. The Hall–Kier alpha value is -3.92. The zero-order valence-electron chi connectivity index (χ0n) is 29.0. The van der Waals surface area contributed by atoms with E-state index in [0.29, 0.717) is 56.4 Å². The molecule has 258 valence electrons. The van der Waals surface area contributed by atoms with E-state index in [2.05, 4.69) is 44.1 Å². The maximum atomic E-state index is 14.4. The van der Waals surface area contributed by atoms with Crippen molar-refractivity contribution in [2.45, 2.75) is 109 Å². The molecule has 2 amide bonds. The molecule has 0 unspecified atom stereocenters. The minimum Gasteiger partial charge on any atom is -0.496 e. The lowest BCUT2D eigenvalue weighted by Crippen LogP contribution is -2.61. The minimum atomic E-state index is -0.489. The molecule has 3 aliphatic rings. The first-order chi connectivity index (χ1) is 23.1. The largest absolute Gasteiger partial charge is 0.496 e. The number of hydrogen-bond donors (Lipinski definition) is 1. The molecule has 0 radical (unpaired) electrons. The monoisotopic (exact) mass is 657 g/mol. The van der Waals surface area contributed by atoms with Crippen LogP contribution in [-0.4, -0.2) is 75.2 Å². The molecule has 1 N–H and O–H groups in total.